The van der Waals surface area contributed by atoms with Crippen LogP contribution in [0.25, 0.3) is 0 Å². The van der Waals surface area contributed by atoms with Gasteiger partial charge in [-0.05, 0) is 48.4 Å². The lowest BCUT2D eigenvalue weighted by Gasteiger charge is -2.42. The molecule has 2 aromatic rings. The fourth-order valence-corrected chi connectivity index (χ4v) is 3.69. The topological polar surface area (TPSA) is 92.6 Å². The summed E-state index contributed by atoms with van der Waals surface area (Å²) in [4.78, 5) is 16.5. The highest BCUT2D eigenvalue weighted by molar-refractivity contribution is 5.90. The van der Waals surface area contributed by atoms with Crippen molar-refractivity contribution in [3.05, 3.63) is 48.3 Å². The number of benzene rings is 1. The number of ether oxygens (including phenoxy) is 1. The average molecular weight is 413 g/mol. The molecule has 0 bridgehead atoms. The van der Waals surface area contributed by atoms with Gasteiger partial charge in [0.2, 0.25) is 5.91 Å². The first kappa shape index (κ1) is 21.8. The number of methoxy groups -OCH3 is 1. The van der Waals surface area contributed by atoms with Crippen molar-refractivity contribution < 1.29 is 9.53 Å². The third-order valence-electron chi connectivity index (χ3n) is 5.64. The molecule has 3 rings (SSSR count). The molecule has 1 aromatic heterocycles. The van der Waals surface area contributed by atoms with E-state index in [-0.39, 0.29) is 12.5 Å². The largest absolute Gasteiger partial charge is 0.385 e. The summed E-state index contributed by atoms with van der Waals surface area (Å²) in [5.74, 6) is 0.676. The Hall–Kier alpha value is -2.87. The standard InChI is InChI=1S/C22H32N6O2/c1-23-21(25-17-22(8-4-9-22)10-13-30-2)24-15-18-6-3-7-19(14-18)27-20(29)16-28-12-5-11-26-28/h3,5-7,11-12,14H,4,8-10,13,15-17H2,1-2H3,(H,27,29)(H2,23,24,25). The lowest BCUT2D eigenvalue weighted by molar-refractivity contribution is -0.116. The van der Waals surface area contributed by atoms with Crippen molar-refractivity contribution in [3.8, 4) is 0 Å². The molecule has 1 saturated carbocycles. The Morgan fingerprint density at radius 3 is 2.83 bits per heavy atom. The number of hydrogen-bond donors (Lipinski definition) is 3. The van der Waals surface area contributed by atoms with E-state index >= 15 is 0 Å². The summed E-state index contributed by atoms with van der Waals surface area (Å²) >= 11 is 0. The lowest BCUT2D eigenvalue weighted by atomic mass is 9.67. The molecule has 3 N–H and O–H groups in total. The zero-order valence-electron chi connectivity index (χ0n) is 17.9. The summed E-state index contributed by atoms with van der Waals surface area (Å²) in [6.45, 7) is 2.51. The Balaban J connectivity index is 1.47. The van der Waals surface area contributed by atoms with Crippen LogP contribution in [-0.2, 0) is 22.6 Å². The fourth-order valence-electron chi connectivity index (χ4n) is 3.69. The number of aromatic nitrogens is 2. The Morgan fingerprint density at radius 2 is 2.17 bits per heavy atom. The van der Waals surface area contributed by atoms with Gasteiger partial charge in [-0.3, -0.25) is 14.5 Å². The van der Waals surface area contributed by atoms with Crippen molar-refractivity contribution in [2.45, 2.75) is 38.8 Å². The van der Waals surface area contributed by atoms with E-state index in [0.717, 1.165) is 36.8 Å². The summed E-state index contributed by atoms with van der Waals surface area (Å²) in [6, 6.07) is 9.60. The van der Waals surface area contributed by atoms with Crippen molar-refractivity contribution in [2.24, 2.45) is 10.4 Å². The van der Waals surface area contributed by atoms with Gasteiger partial charge in [-0.15, -0.1) is 0 Å². The van der Waals surface area contributed by atoms with Crippen LogP contribution in [0.2, 0.25) is 0 Å². The lowest BCUT2D eigenvalue weighted by Crippen LogP contribution is -2.46. The first-order valence-electron chi connectivity index (χ1n) is 10.4. The van der Waals surface area contributed by atoms with Crippen LogP contribution in [0, 0.1) is 5.41 Å². The molecule has 0 radical (unpaired) electrons. The van der Waals surface area contributed by atoms with E-state index in [1.165, 1.54) is 19.3 Å². The summed E-state index contributed by atoms with van der Waals surface area (Å²) in [5.41, 5.74) is 2.15. The Morgan fingerprint density at radius 1 is 1.30 bits per heavy atom. The molecule has 0 atom stereocenters. The third kappa shape index (κ3) is 6.32. The van der Waals surface area contributed by atoms with Crippen molar-refractivity contribution in [1.29, 1.82) is 0 Å². The first-order valence-corrected chi connectivity index (χ1v) is 10.4. The van der Waals surface area contributed by atoms with Gasteiger partial charge in [0, 0.05) is 51.9 Å². The molecule has 1 amide bonds. The Kier molecular flexibility index (Phi) is 7.84. The van der Waals surface area contributed by atoms with E-state index < -0.39 is 0 Å². The second kappa shape index (κ2) is 10.8. The maximum absolute atomic E-state index is 12.2. The van der Waals surface area contributed by atoms with E-state index in [1.54, 1.807) is 37.3 Å². The molecule has 0 unspecified atom stereocenters. The molecule has 162 valence electrons. The number of amides is 1. The van der Waals surface area contributed by atoms with Gasteiger partial charge in [0.15, 0.2) is 5.96 Å². The van der Waals surface area contributed by atoms with Crippen molar-refractivity contribution in [1.82, 2.24) is 20.4 Å². The molecule has 8 heteroatoms. The summed E-state index contributed by atoms with van der Waals surface area (Å²) < 4.78 is 6.87. The van der Waals surface area contributed by atoms with Gasteiger partial charge in [-0.1, -0.05) is 18.6 Å². The van der Waals surface area contributed by atoms with Crippen LogP contribution in [0.15, 0.2) is 47.7 Å². The molecule has 30 heavy (non-hydrogen) atoms. The number of nitrogens with zero attached hydrogens (tertiary/aromatic N) is 3. The van der Waals surface area contributed by atoms with Crippen LogP contribution in [-0.4, -0.2) is 49.0 Å². The zero-order chi connectivity index (χ0) is 21.2. The molecule has 1 aliphatic rings. The summed E-state index contributed by atoms with van der Waals surface area (Å²) in [6.07, 6.45) is 8.26. The number of anilines is 1. The van der Waals surface area contributed by atoms with Crippen LogP contribution in [0.5, 0.6) is 0 Å². The van der Waals surface area contributed by atoms with E-state index in [4.69, 9.17) is 4.74 Å². The third-order valence-corrected chi connectivity index (χ3v) is 5.64. The minimum absolute atomic E-state index is 0.108. The minimum Gasteiger partial charge on any atom is -0.385 e. The highest BCUT2D eigenvalue weighted by Crippen LogP contribution is 2.43. The number of nitrogens with one attached hydrogen (secondary N) is 3. The molecule has 1 aliphatic carbocycles. The molecular formula is C22H32N6O2. The van der Waals surface area contributed by atoms with E-state index in [9.17, 15) is 4.79 Å². The van der Waals surface area contributed by atoms with E-state index in [0.29, 0.717) is 12.0 Å². The molecule has 1 fully saturated rings. The van der Waals surface area contributed by atoms with Gasteiger partial charge in [0.1, 0.15) is 6.54 Å². The monoisotopic (exact) mass is 412 g/mol. The number of carbonyl (C=O) groups is 1. The van der Waals surface area contributed by atoms with Gasteiger partial charge in [0.25, 0.3) is 0 Å². The van der Waals surface area contributed by atoms with Gasteiger partial charge in [0.05, 0.1) is 0 Å². The predicted octanol–water partition coefficient (Wildman–Crippen LogP) is 2.39. The highest BCUT2D eigenvalue weighted by Gasteiger charge is 2.36. The van der Waals surface area contributed by atoms with Crippen molar-refractivity contribution in [2.75, 3.05) is 32.6 Å². The van der Waals surface area contributed by atoms with E-state index in [1.807, 2.05) is 24.3 Å². The first-order chi connectivity index (χ1) is 14.6. The normalized spacial score (nSPS) is 15.3. The maximum Gasteiger partial charge on any atom is 0.246 e. The van der Waals surface area contributed by atoms with E-state index in [2.05, 4.69) is 26.0 Å². The number of rotatable bonds is 10. The van der Waals surface area contributed by atoms with Crippen molar-refractivity contribution in [3.63, 3.8) is 0 Å². The quantitative estimate of drug-likeness (QED) is 0.412. The van der Waals surface area contributed by atoms with Gasteiger partial charge in [-0.25, -0.2) is 0 Å². The molecule has 0 aliphatic heterocycles. The summed E-state index contributed by atoms with van der Waals surface area (Å²) in [7, 11) is 3.54. The smallest absolute Gasteiger partial charge is 0.246 e. The van der Waals surface area contributed by atoms with Crippen molar-refractivity contribution >= 4 is 17.6 Å². The molecule has 0 saturated heterocycles. The second-order valence-corrected chi connectivity index (χ2v) is 7.83. The molecular weight excluding hydrogens is 380 g/mol. The number of carbonyl (C=O) groups excluding carboxylic acids is 1. The number of guanidine groups is 1. The average Bonchev–Trinajstić information content (AvgIpc) is 3.22. The number of aliphatic imine (C=N–C) groups is 1. The summed E-state index contributed by atoms with van der Waals surface area (Å²) in [5, 5.41) is 13.8. The van der Waals surface area contributed by atoms with Crippen LogP contribution >= 0.6 is 0 Å². The predicted molar refractivity (Wildman–Crippen MR) is 118 cm³/mol. The Bertz CT molecular complexity index is 830. The van der Waals surface area contributed by atoms with Crippen LogP contribution < -0.4 is 16.0 Å². The van der Waals surface area contributed by atoms with Gasteiger partial charge < -0.3 is 20.7 Å². The molecule has 8 nitrogen and oxygen atoms in total. The SMILES string of the molecule is CN=C(NCc1cccc(NC(=O)Cn2cccn2)c1)NCC1(CCOC)CCC1. The fraction of sp³-hybridized carbons (Fsp3) is 0.500. The molecule has 1 heterocycles. The molecule has 0 spiro atoms. The van der Waals surface area contributed by atoms with Crippen LogP contribution in [0.4, 0.5) is 5.69 Å². The zero-order valence-corrected chi connectivity index (χ0v) is 17.9. The van der Waals surface area contributed by atoms with Crippen LogP contribution in [0.3, 0.4) is 0 Å². The highest BCUT2D eigenvalue weighted by atomic mass is 16.5. The van der Waals surface area contributed by atoms with Crippen LogP contribution in [0.1, 0.15) is 31.2 Å². The maximum atomic E-state index is 12.2. The second-order valence-electron chi connectivity index (χ2n) is 7.83. The minimum atomic E-state index is -0.108. The Labute approximate surface area is 178 Å². The van der Waals surface area contributed by atoms with Gasteiger partial charge in [-0.2, -0.15) is 5.10 Å². The molecule has 1 aromatic carbocycles. The number of hydrogen-bond acceptors (Lipinski definition) is 4. The van der Waals surface area contributed by atoms with Gasteiger partial charge >= 0.3 is 0 Å².